The van der Waals surface area contributed by atoms with E-state index in [0.29, 0.717) is 0 Å². The van der Waals surface area contributed by atoms with Gasteiger partial charge in [-0.2, -0.15) is 0 Å². The highest BCUT2D eigenvalue weighted by Crippen LogP contribution is 2.41. The lowest BCUT2D eigenvalue weighted by Crippen LogP contribution is -2.25. The molecule has 1 unspecified atom stereocenters. The lowest BCUT2D eigenvalue weighted by Gasteiger charge is -2.32. The van der Waals surface area contributed by atoms with Crippen molar-refractivity contribution in [3.8, 4) is 17.2 Å². The fourth-order valence-corrected chi connectivity index (χ4v) is 2.90. The third-order valence-electron chi connectivity index (χ3n) is 4.35. The van der Waals surface area contributed by atoms with Crippen LogP contribution in [-0.4, -0.2) is 15.3 Å². The summed E-state index contributed by atoms with van der Waals surface area (Å²) in [5.41, 5.74) is 2.35. The third kappa shape index (κ3) is 2.61. The molecule has 0 heterocycles. The number of rotatable bonds is 3. The first-order valence-corrected chi connectivity index (χ1v) is 7.39. The highest BCUT2D eigenvalue weighted by Gasteiger charge is 2.31. The Bertz CT molecular complexity index is 810. The summed E-state index contributed by atoms with van der Waals surface area (Å²) in [7, 11) is 0. The van der Waals surface area contributed by atoms with Crippen LogP contribution in [0.1, 0.15) is 23.6 Å². The molecule has 3 N–H and O–H groups in total. The van der Waals surface area contributed by atoms with Crippen molar-refractivity contribution < 1.29 is 15.3 Å². The highest BCUT2D eigenvalue weighted by atomic mass is 16.3. The molecule has 1 atom stereocenters. The molecule has 3 nitrogen and oxygen atoms in total. The first kappa shape index (κ1) is 15.0. The van der Waals surface area contributed by atoms with E-state index in [2.05, 4.69) is 6.92 Å². The zero-order chi connectivity index (χ0) is 16.4. The topological polar surface area (TPSA) is 60.7 Å². The Balaban J connectivity index is 2.25. The van der Waals surface area contributed by atoms with Crippen molar-refractivity contribution in [2.24, 2.45) is 0 Å². The standard InChI is InChI=1S/C20H18O3/c1-20(14-5-3-2-4-6-14,15-7-10-17(21)11-8-15)16-9-12-18(22)19(23)13-16/h2-13,21-23H,1H3. The predicted octanol–water partition coefficient (Wildman–Crippen LogP) is 4.16. The fourth-order valence-electron chi connectivity index (χ4n) is 2.90. The molecule has 0 saturated carbocycles. The minimum atomic E-state index is -0.528. The van der Waals surface area contributed by atoms with Crippen molar-refractivity contribution in [1.29, 1.82) is 0 Å². The van der Waals surface area contributed by atoms with Gasteiger partial charge in [0.2, 0.25) is 0 Å². The summed E-state index contributed by atoms with van der Waals surface area (Å²) >= 11 is 0. The average Bonchev–Trinajstić information content (AvgIpc) is 2.58. The van der Waals surface area contributed by atoms with Crippen LogP contribution in [0.4, 0.5) is 0 Å². The van der Waals surface area contributed by atoms with Gasteiger partial charge in [0.15, 0.2) is 11.5 Å². The van der Waals surface area contributed by atoms with E-state index in [0.717, 1.165) is 16.7 Å². The van der Waals surface area contributed by atoms with Gasteiger partial charge in [-0.1, -0.05) is 48.5 Å². The zero-order valence-corrected chi connectivity index (χ0v) is 12.8. The molecule has 0 fully saturated rings. The van der Waals surface area contributed by atoms with Crippen molar-refractivity contribution in [3.05, 3.63) is 89.5 Å². The Morgan fingerprint density at radius 2 is 1.17 bits per heavy atom. The molecule has 0 aromatic heterocycles. The SMILES string of the molecule is CC(c1ccccc1)(c1ccc(O)cc1)c1ccc(O)c(O)c1. The van der Waals surface area contributed by atoms with Gasteiger partial charge in [-0.15, -0.1) is 0 Å². The third-order valence-corrected chi connectivity index (χ3v) is 4.35. The number of aromatic hydroxyl groups is 3. The van der Waals surface area contributed by atoms with Crippen LogP contribution in [0.2, 0.25) is 0 Å². The monoisotopic (exact) mass is 306 g/mol. The number of benzene rings is 3. The van der Waals surface area contributed by atoms with E-state index in [1.807, 2.05) is 42.5 Å². The first-order valence-electron chi connectivity index (χ1n) is 7.39. The molecular formula is C20H18O3. The normalized spacial score (nSPS) is 13.4. The summed E-state index contributed by atoms with van der Waals surface area (Å²) in [5, 5.41) is 29.1. The maximum atomic E-state index is 9.91. The minimum Gasteiger partial charge on any atom is -0.508 e. The maximum absolute atomic E-state index is 9.91. The number of phenols is 3. The van der Waals surface area contributed by atoms with Crippen molar-refractivity contribution in [3.63, 3.8) is 0 Å². The van der Waals surface area contributed by atoms with Crippen LogP contribution in [0.3, 0.4) is 0 Å². The van der Waals surface area contributed by atoms with Crippen molar-refractivity contribution in [2.45, 2.75) is 12.3 Å². The molecule has 0 aliphatic carbocycles. The Hall–Kier alpha value is -2.94. The van der Waals surface area contributed by atoms with E-state index in [1.165, 1.54) is 6.07 Å². The van der Waals surface area contributed by atoms with Crippen molar-refractivity contribution in [1.82, 2.24) is 0 Å². The second kappa shape index (κ2) is 5.69. The summed E-state index contributed by atoms with van der Waals surface area (Å²) < 4.78 is 0. The first-order chi connectivity index (χ1) is 11.0. The number of hydrogen-bond donors (Lipinski definition) is 3. The second-order valence-corrected chi connectivity index (χ2v) is 5.74. The Labute approximate surface area is 135 Å². The Morgan fingerprint density at radius 1 is 0.609 bits per heavy atom. The largest absolute Gasteiger partial charge is 0.508 e. The lowest BCUT2D eigenvalue weighted by molar-refractivity contribution is 0.402. The molecular weight excluding hydrogens is 288 g/mol. The smallest absolute Gasteiger partial charge is 0.157 e. The van der Waals surface area contributed by atoms with E-state index in [9.17, 15) is 15.3 Å². The van der Waals surface area contributed by atoms with E-state index < -0.39 is 5.41 Å². The second-order valence-electron chi connectivity index (χ2n) is 5.74. The lowest BCUT2D eigenvalue weighted by atomic mass is 9.71. The molecule has 0 radical (unpaired) electrons. The van der Waals surface area contributed by atoms with Crippen LogP contribution in [0.5, 0.6) is 17.2 Å². The molecule has 3 aromatic rings. The molecule has 3 rings (SSSR count). The van der Waals surface area contributed by atoms with Gasteiger partial charge in [-0.25, -0.2) is 0 Å². The Kier molecular flexibility index (Phi) is 3.70. The molecule has 116 valence electrons. The van der Waals surface area contributed by atoms with Crippen LogP contribution in [0.25, 0.3) is 0 Å². The van der Waals surface area contributed by atoms with Gasteiger partial charge < -0.3 is 15.3 Å². The molecule has 3 aromatic carbocycles. The van der Waals surface area contributed by atoms with Crippen LogP contribution < -0.4 is 0 Å². The molecule has 0 aliphatic rings. The van der Waals surface area contributed by atoms with E-state index in [1.54, 1.807) is 24.3 Å². The van der Waals surface area contributed by atoms with Gasteiger partial charge in [0, 0.05) is 5.41 Å². The molecule has 23 heavy (non-hydrogen) atoms. The van der Waals surface area contributed by atoms with Gasteiger partial charge in [0.1, 0.15) is 5.75 Å². The van der Waals surface area contributed by atoms with Crippen LogP contribution in [0.15, 0.2) is 72.8 Å². The summed E-state index contributed by atoms with van der Waals surface area (Å²) in [6, 6.07) is 21.8. The molecule has 0 saturated heterocycles. The van der Waals surface area contributed by atoms with E-state index >= 15 is 0 Å². The van der Waals surface area contributed by atoms with Gasteiger partial charge >= 0.3 is 0 Å². The average molecular weight is 306 g/mol. The van der Waals surface area contributed by atoms with Crippen molar-refractivity contribution in [2.75, 3.05) is 0 Å². The minimum absolute atomic E-state index is 0.144. The highest BCUT2D eigenvalue weighted by molar-refractivity contribution is 5.53. The van der Waals surface area contributed by atoms with Gasteiger partial charge in [0.05, 0.1) is 0 Å². The van der Waals surface area contributed by atoms with Crippen LogP contribution in [0, 0.1) is 0 Å². The fraction of sp³-hybridized carbons (Fsp3) is 0.100. The van der Waals surface area contributed by atoms with Gasteiger partial charge in [-0.05, 0) is 47.9 Å². The molecule has 0 bridgehead atoms. The van der Waals surface area contributed by atoms with Gasteiger partial charge in [0.25, 0.3) is 0 Å². The summed E-state index contributed by atoms with van der Waals surface area (Å²) in [6.07, 6.45) is 0. The summed E-state index contributed by atoms with van der Waals surface area (Å²) in [4.78, 5) is 0. The Morgan fingerprint density at radius 3 is 1.78 bits per heavy atom. The van der Waals surface area contributed by atoms with Crippen LogP contribution >= 0.6 is 0 Å². The summed E-state index contributed by atoms with van der Waals surface area (Å²) in [5.74, 6) is -0.0870. The zero-order valence-electron chi connectivity index (χ0n) is 12.8. The van der Waals surface area contributed by atoms with E-state index in [4.69, 9.17) is 0 Å². The van der Waals surface area contributed by atoms with Crippen molar-refractivity contribution >= 4 is 0 Å². The molecule has 0 aliphatic heterocycles. The number of phenolic OH excluding ortho intramolecular Hbond substituents is 3. The molecule has 0 amide bonds. The predicted molar refractivity (Wildman–Crippen MR) is 89.9 cm³/mol. The van der Waals surface area contributed by atoms with Gasteiger partial charge in [-0.3, -0.25) is 0 Å². The molecule has 0 spiro atoms. The van der Waals surface area contributed by atoms with Crippen LogP contribution in [-0.2, 0) is 5.41 Å². The maximum Gasteiger partial charge on any atom is 0.157 e. The summed E-state index contributed by atoms with van der Waals surface area (Å²) in [6.45, 7) is 2.06. The molecule has 3 heteroatoms. The quantitative estimate of drug-likeness (QED) is 0.503. The van der Waals surface area contributed by atoms with E-state index in [-0.39, 0.29) is 17.2 Å². The number of hydrogen-bond acceptors (Lipinski definition) is 3.